The lowest BCUT2D eigenvalue weighted by atomic mass is 10.2. The SMILES string of the molecule is C1=C(CNC2CCN(c3ccccc3)C2)COCC1. The Morgan fingerprint density at radius 3 is 2.95 bits per heavy atom. The van der Waals surface area contributed by atoms with E-state index in [2.05, 4.69) is 46.6 Å². The molecule has 1 saturated heterocycles. The minimum absolute atomic E-state index is 0.600. The molecule has 3 nitrogen and oxygen atoms in total. The lowest BCUT2D eigenvalue weighted by molar-refractivity contribution is 0.148. The number of para-hydroxylation sites is 1. The standard InChI is InChI=1S/C16H22N2O/c1-2-6-16(7-3-1)18-9-8-15(12-18)17-11-14-5-4-10-19-13-14/h1-3,5-7,15,17H,4,8-13H2. The Kier molecular flexibility index (Phi) is 4.16. The molecule has 1 N–H and O–H groups in total. The predicted molar refractivity (Wildman–Crippen MR) is 78.6 cm³/mol. The first-order valence-electron chi connectivity index (χ1n) is 7.21. The highest BCUT2D eigenvalue weighted by atomic mass is 16.5. The van der Waals surface area contributed by atoms with E-state index < -0.39 is 0 Å². The van der Waals surface area contributed by atoms with Crippen LogP contribution < -0.4 is 10.2 Å². The molecule has 0 aliphatic carbocycles. The maximum Gasteiger partial charge on any atom is 0.0689 e. The van der Waals surface area contributed by atoms with Gasteiger partial charge in [0.15, 0.2) is 0 Å². The van der Waals surface area contributed by atoms with Crippen molar-refractivity contribution in [1.82, 2.24) is 5.32 Å². The van der Waals surface area contributed by atoms with Crippen molar-refractivity contribution in [2.45, 2.75) is 18.9 Å². The Morgan fingerprint density at radius 1 is 1.26 bits per heavy atom. The second kappa shape index (κ2) is 6.22. The molecule has 1 aromatic carbocycles. The number of rotatable bonds is 4. The molecule has 102 valence electrons. The van der Waals surface area contributed by atoms with E-state index in [1.807, 2.05) is 0 Å². The highest BCUT2D eigenvalue weighted by Crippen LogP contribution is 2.19. The maximum atomic E-state index is 5.47. The van der Waals surface area contributed by atoms with E-state index in [1.165, 1.54) is 17.7 Å². The third-order valence-corrected chi connectivity index (χ3v) is 3.91. The van der Waals surface area contributed by atoms with Gasteiger partial charge in [-0.15, -0.1) is 0 Å². The van der Waals surface area contributed by atoms with Crippen molar-refractivity contribution in [3.63, 3.8) is 0 Å². The fraction of sp³-hybridized carbons (Fsp3) is 0.500. The number of ether oxygens (including phenoxy) is 1. The normalized spacial score (nSPS) is 23.5. The third kappa shape index (κ3) is 3.37. The van der Waals surface area contributed by atoms with Crippen LogP contribution in [0.25, 0.3) is 0 Å². The molecule has 0 aromatic heterocycles. The van der Waals surface area contributed by atoms with Gasteiger partial charge in [0.2, 0.25) is 0 Å². The lowest BCUT2D eigenvalue weighted by Crippen LogP contribution is -2.34. The van der Waals surface area contributed by atoms with Crippen molar-refractivity contribution in [3.05, 3.63) is 42.0 Å². The van der Waals surface area contributed by atoms with Crippen LogP contribution in [0.3, 0.4) is 0 Å². The van der Waals surface area contributed by atoms with Gasteiger partial charge in [-0.1, -0.05) is 24.3 Å². The van der Waals surface area contributed by atoms with Crippen molar-refractivity contribution in [3.8, 4) is 0 Å². The number of hydrogen-bond acceptors (Lipinski definition) is 3. The molecule has 1 aromatic rings. The summed E-state index contributed by atoms with van der Waals surface area (Å²) in [7, 11) is 0. The molecule has 1 unspecified atom stereocenters. The van der Waals surface area contributed by atoms with E-state index in [4.69, 9.17) is 4.74 Å². The number of anilines is 1. The first-order chi connectivity index (χ1) is 9.42. The Morgan fingerprint density at radius 2 is 2.16 bits per heavy atom. The minimum Gasteiger partial charge on any atom is -0.377 e. The second-order valence-corrected chi connectivity index (χ2v) is 5.35. The van der Waals surface area contributed by atoms with Crippen LogP contribution in [0.4, 0.5) is 5.69 Å². The number of benzene rings is 1. The topological polar surface area (TPSA) is 24.5 Å². The van der Waals surface area contributed by atoms with Crippen LogP contribution in [-0.4, -0.2) is 38.9 Å². The van der Waals surface area contributed by atoms with Gasteiger partial charge >= 0.3 is 0 Å². The quantitative estimate of drug-likeness (QED) is 0.838. The molecular weight excluding hydrogens is 236 g/mol. The Hall–Kier alpha value is -1.32. The van der Waals surface area contributed by atoms with Crippen LogP contribution in [0.5, 0.6) is 0 Å². The van der Waals surface area contributed by atoms with Gasteiger partial charge in [0, 0.05) is 31.4 Å². The van der Waals surface area contributed by atoms with Gasteiger partial charge < -0.3 is 15.0 Å². The van der Waals surface area contributed by atoms with Crippen LogP contribution in [0, 0.1) is 0 Å². The molecule has 0 amide bonds. The van der Waals surface area contributed by atoms with Gasteiger partial charge in [-0.3, -0.25) is 0 Å². The largest absolute Gasteiger partial charge is 0.377 e. The summed E-state index contributed by atoms with van der Waals surface area (Å²) in [4.78, 5) is 2.46. The van der Waals surface area contributed by atoms with Crippen molar-refractivity contribution in [2.75, 3.05) is 37.7 Å². The highest BCUT2D eigenvalue weighted by Gasteiger charge is 2.22. The zero-order chi connectivity index (χ0) is 12.9. The van der Waals surface area contributed by atoms with Crippen LogP contribution in [0.1, 0.15) is 12.8 Å². The summed E-state index contributed by atoms with van der Waals surface area (Å²) in [5, 5.41) is 3.66. The zero-order valence-electron chi connectivity index (χ0n) is 11.3. The minimum atomic E-state index is 0.600. The smallest absolute Gasteiger partial charge is 0.0689 e. The second-order valence-electron chi connectivity index (χ2n) is 5.35. The van der Waals surface area contributed by atoms with Gasteiger partial charge in [0.25, 0.3) is 0 Å². The molecule has 2 aliphatic heterocycles. The van der Waals surface area contributed by atoms with Gasteiger partial charge in [0.05, 0.1) is 13.2 Å². The molecule has 0 radical (unpaired) electrons. The van der Waals surface area contributed by atoms with Crippen LogP contribution >= 0.6 is 0 Å². The summed E-state index contributed by atoms with van der Waals surface area (Å²) in [6.07, 6.45) is 4.61. The van der Waals surface area contributed by atoms with Gasteiger partial charge in [-0.05, 0) is 30.5 Å². The monoisotopic (exact) mass is 258 g/mol. The number of nitrogens with one attached hydrogen (secondary N) is 1. The molecule has 0 bridgehead atoms. The number of nitrogens with zero attached hydrogens (tertiary/aromatic N) is 1. The third-order valence-electron chi connectivity index (χ3n) is 3.91. The molecule has 2 heterocycles. The average molecular weight is 258 g/mol. The van der Waals surface area contributed by atoms with Crippen LogP contribution in [0.15, 0.2) is 42.0 Å². The molecule has 0 saturated carbocycles. The summed E-state index contributed by atoms with van der Waals surface area (Å²) in [6.45, 7) is 4.93. The van der Waals surface area contributed by atoms with Gasteiger partial charge in [-0.2, -0.15) is 0 Å². The zero-order valence-corrected chi connectivity index (χ0v) is 11.3. The summed E-state index contributed by atoms with van der Waals surface area (Å²) < 4.78 is 5.47. The summed E-state index contributed by atoms with van der Waals surface area (Å²) in [6, 6.07) is 11.3. The fourth-order valence-electron chi connectivity index (χ4n) is 2.81. The molecule has 3 heteroatoms. The van der Waals surface area contributed by atoms with E-state index in [0.29, 0.717) is 6.04 Å². The Labute approximate surface area is 115 Å². The fourth-order valence-corrected chi connectivity index (χ4v) is 2.81. The summed E-state index contributed by atoms with van der Waals surface area (Å²) >= 11 is 0. The van der Waals surface area contributed by atoms with E-state index in [9.17, 15) is 0 Å². The van der Waals surface area contributed by atoms with Crippen LogP contribution in [0.2, 0.25) is 0 Å². The molecule has 0 spiro atoms. The Bertz CT molecular complexity index is 430. The molecule has 1 atom stereocenters. The highest BCUT2D eigenvalue weighted by molar-refractivity contribution is 5.47. The molecule has 3 rings (SSSR count). The first kappa shape index (κ1) is 12.7. The maximum absolute atomic E-state index is 5.47. The molecule has 2 aliphatic rings. The average Bonchev–Trinajstić information content (AvgIpc) is 2.96. The molecular formula is C16H22N2O. The van der Waals surface area contributed by atoms with Crippen molar-refractivity contribution < 1.29 is 4.74 Å². The molecule has 1 fully saturated rings. The van der Waals surface area contributed by atoms with E-state index in [-0.39, 0.29) is 0 Å². The number of hydrogen-bond donors (Lipinski definition) is 1. The van der Waals surface area contributed by atoms with Crippen molar-refractivity contribution >= 4 is 5.69 Å². The van der Waals surface area contributed by atoms with E-state index in [1.54, 1.807) is 0 Å². The summed E-state index contributed by atoms with van der Waals surface area (Å²) in [5.41, 5.74) is 2.75. The predicted octanol–water partition coefficient (Wildman–Crippen LogP) is 2.20. The van der Waals surface area contributed by atoms with Crippen molar-refractivity contribution in [2.24, 2.45) is 0 Å². The molecule has 19 heavy (non-hydrogen) atoms. The van der Waals surface area contributed by atoms with Gasteiger partial charge in [-0.25, -0.2) is 0 Å². The van der Waals surface area contributed by atoms with Crippen molar-refractivity contribution in [1.29, 1.82) is 0 Å². The van der Waals surface area contributed by atoms with Crippen LogP contribution in [-0.2, 0) is 4.74 Å². The lowest BCUT2D eigenvalue weighted by Gasteiger charge is -2.20. The van der Waals surface area contributed by atoms with E-state index >= 15 is 0 Å². The summed E-state index contributed by atoms with van der Waals surface area (Å²) in [5.74, 6) is 0. The Balaban J connectivity index is 1.48. The van der Waals surface area contributed by atoms with Gasteiger partial charge in [0.1, 0.15) is 0 Å². The van der Waals surface area contributed by atoms with E-state index in [0.717, 1.165) is 39.3 Å². The first-order valence-corrected chi connectivity index (χ1v) is 7.21.